The third kappa shape index (κ3) is 32.3. The van der Waals surface area contributed by atoms with Crippen LogP contribution in [0.5, 0.6) is 0 Å². The molecule has 0 aliphatic carbocycles. The Kier molecular flexibility index (Phi) is 45.2. The molecule has 3 fully saturated rings. The molecule has 30 heteroatoms. The van der Waals surface area contributed by atoms with Gasteiger partial charge in [-0.05, 0) is 165 Å². The zero-order valence-corrected chi connectivity index (χ0v) is 79.1. The molecule has 2 amide bonds. The molecule has 4 aromatic carbocycles. The second-order valence-corrected chi connectivity index (χ2v) is 34.4. The number of nitrogens with zero attached hydrogens (tertiary/aromatic N) is 8. The normalized spacial score (nSPS) is 16.6. The number of esters is 6. The zero-order chi connectivity index (χ0) is 94.8. The van der Waals surface area contributed by atoms with Crippen LogP contribution >= 0.6 is 0 Å². The Morgan fingerprint density at radius 1 is 0.377 bits per heavy atom. The van der Waals surface area contributed by atoms with E-state index in [1.54, 1.807) is 0 Å². The van der Waals surface area contributed by atoms with Crippen LogP contribution in [0, 0.1) is 10.8 Å². The van der Waals surface area contributed by atoms with Crippen LogP contribution < -0.4 is 9.80 Å². The van der Waals surface area contributed by atoms with E-state index in [0.29, 0.717) is 75.8 Å². The molecule has 7 rings (SSSR count). The van der Waals surface area contributed by atoms with Crippen LogP contribution in [0.25, 0.3) is 0 Å². The van der Waals surface area contributed by atoms with E-state index in [0.717, 1.165) is 110 Å². The number of ketones is 2. The highest BCUT2D eigenvalue weighted by Crippen LogP contribution is 2.35. The first-order chi connectivity index (χ1) is 62.4. The van der Waals surface area contributed by atoms with Gasteiger partial charge in [-0.25, -0.2) is 19.2 Å². The summed E-state index contributed by atoms with van der Waals surface area (Å²) >= 11 is 0. The highest BCUT2D eigenvalue weighted by molar-refractivity contribution is 6.04. The van der Waals surface area contributed by atoms with Gasteiger partial charge in [0.05, 0.1) is 115 Å². The maximum absolute atomic E-state index is 14.8. The minimum Gasteiger partial charge on any atom is -0.463 e. The van der Waals surface area contributed by atoms with Crippen molar-refractivity contribution in [2.24, 2.45) is 10.8 Å². The van der Waals surface area contributed by atoms with Crippen molar-refractivity contribution in [1.29, 1.82) is 0 Å². The number of benzene rings is 4. The van der Waals surface area contributed by atoms with Crippen LogP contribution in [0.15, 0.2) is 148 Å². The summed E-state index contributed by atoms with van der Waals surface area (Å²) in [4.78, 5) is 147. The number of Topliss-reactive ketones (excluding diaryl/α,β-unsaturated/α-hetero) is 2. The molecule has 0 aromatic heterocycles. The van der Waals surface area contributed by atoms with Crippen molar-refractivity contribution < 1.29 is 105 Å². The number of hydrogen-bond donors (Lipinski definition) is 0. The second kappa shape index (κ2) is 54.8. The molecule has 716 valence electrons. The number of piperazine rings is 3. The van der Waals surface area contributed by atoms with E-state index in [2.05, 4.69) is 45.9 Å². The SMILES string of the molecule is C=CC(=O)OCCOCC(CC)(COCCOC(=O)C=C)COCCOC(=O)CCN1CCN(c2ccc(C(=O)C(CC)(Cc3ccc(C(C)C(=O)N4CC(C)N(C(=O)C(C)c5ccc(CC(CC)(C(=O)c6ccc(N7CCN(CCC(=O)OCCOCC(CC)(COCCOC(=O)C=C)COCCOC(=O)C=C)CC7)cc6)N(C)C)cc5)CC4C)cc3)N(C)C)cc2)CC1. The summed E-state index contributed by atoms with van der Waals surface area (Å²) in [6, 6.07) is 31.4. The maximum atomic E-state index is 14.8. The Morgan fingerprint density at radius 2 is 0.646 bits per heavy atom. The summed E-state index contributed by atoms with van der Waals surface area (Å²) in [5, 5.41) is 0. The van der Waals surface area contributed by atoms with Gasteiger partial charge in [0.2, 0.25) is 11.8 Å². The minimum atomic E-state index is -0.852. The van der Waals surface area contributed by atoms with Gasteiger partial charge >= 0.3 is 35.8 Å². The lowest BCUT2D eigenvalue weighted by Crippen LogP contribution is -2.60. The fourth-order valence-corrected chi connectivity index (χ4v) is 16.5. The average molecular weight is 1810 g/mol. The molecule has 0 saturated carbocycles. The van der Waals surface area contributed by atoms with Crippen LogP contribution in [0.3, 0.4) is 0 Å². The van der Waals surface area contributed by atoms with Crippen molar-refractivity contribution in [2.45, 2.75) is 142 Å². The summed E-state index contributed by atoms with van der Waals surface area (Å²) in [5.41, 5.74) is 4.07. The zero-order valence-electron chi connectivity index (χ0n) is 79.1. The molecule has 4 aromatic rings. The molecule has 6 unspecified atom stereocenters. The lowest BCUT2D eigenvalue weighted by Gasteiger charge is -2.45. The monoisotopic (exact) mass is 1810 g/mol. The standard InChI is InChI=1S/C100H144N8O22/c1-17-87(109)125-59-53-119-69-97(21-5,70-120-54-60-126-88(110)18-2)73-123-57-63-129-91(113)41-43-103-45-49-105(50-46-103)85-37-33-83(34-38-85)93(115)99(23-7,101(13)14)65-79-25-29-81(30-26-79)77(11)95(117)107-67-76(10)108(68-75(107)9)96(118)78(12)82-31-27-80(28-32-82)66-100(24-8,102(15)16)94(116)84-35-39-86(40-36-84)106-51-47-104(48-52-106)44-42-92(114)130-64-58-124-74-98(22-6,71-121-55-61-127-89(111)19-3)72-122-56-62-128-90(112)20-4/h17-20,25-40,75-78H,1-4,21-24,41-74H2,5-16H3. The molecule has 3 aliphatic heterocycles. The molecule has 0 radical (unpaired) electrons. The lowest BCUT2D eigenvalue weighted by molar-refractivity contribution is -0.148. The first-order valence-corrected chi connectivity index (χ1v) is 45.7. The number of carbonyl (C=O) groups is 10. The predicted molar refractivity (Wildman–Crippen MR) is 498 cm³/mol. The molecular weight excluding hydrogens is 1670 g/mol. The van der Waals surface area contributed by atoms with Crippen LogP contribution in [-0.2, 0) is 108 Å². The van der Waals surface area contributed by atoms with Crippen molar-refractivity contribution in [1.82, 2.24) is 29.4 Å². The van der Waals surface area contributed by atoms with Crippen molar-refractivity contribution in [3.8, 4) is 0 Å². The molecule has 3 aliphatic rings. The summed E-state index contributed by atoms with van der Waals surface area (Å²) < 4.78 is 66.5. The first-order valence-electron chi connectivity index (χ1n) is 45.7. The number of hydrogen-bond acceptors (Lipinski definition) is 28. The molecule has 6 atom stereocenters. The molecular formula is C100H144N8O22. The Morgan fingerprint density at radius 3 is 0.892 bits per heavy atom. The van der Waals surface area contributed by atoms with Crippen molar-refractivity contribution in [2.75, 3.05) is 235 Å². The highest BCUT2D eigenvalue weighted by Gasteiger charge is 2.43. The number of amides is 2. The van der Waals surface area contributed by atoms with Crippen LogP contribution in [0.1, 0.15) is 149 Å². The van der Waals surface area contributed by atoms with E-state index < -0.39 is 57.6 Å². The molecule has 3 heterocycles. The van der Waals surface area contributed by atoms with Gasteiger partial charge in [0, 0.05) is 148 Å². The molecule has 0 N–H and O–H groups in total. The Hall–Kier alpha value is -9.86. The van der Waals surface area contributed by atoms with Gasteiger partial charge in [0.15, 0.2) is 11.6 Å². The number of likely N-dealkylation sites (N-methyl/N-ethyl adjacent to an activating group) is 2. The van der Waals surface area contributed by atoms with Crippen molar-refractivity contribution in [3.05, 3.63) is 181 Å². The van der Waals surface area contributed by atoms with Gasteiger partial charge in [-0.3, -0.25) is 48.4 Å². The maximum Gasteiger partial charge on any atom is 0.330 e. The van der Waals surface area contributed by atoms with E-state index in [9.17, 15) is 47.9 Å². The summed E-state index contributed by atoms with van der Waals surface area (Å²) in [7, 11) is 7.79. The van der Waals surface area contributed by atoms with Gasteiger partial charge < -0.3 is 76.4 Å². The number of carbonyl (C=O) groups excluding carboxylic acids is 10. The van der Waals surface area contributed by atoms with E-state index in [1.807, 2.05) is 200 Å². The quantitative estimate of drug-likeness (QED) is 0.0130. The third-order valence-electron chi connectivity index (χ3n) is 25.5. The number of ether oxygens (including phenoxy) is 12. The summed E-state index contributed by atoms with van der Waals surface area (Å²) in [5.74, 6) is -3.73. The highest BCUT2D eigenvalue weighted by atomic mass is 16.6. The van der Waals surface area contributed by atoms with Crippen LogP contribution in [0.2, 0.25) is 0 Å². The summed E-state index contributed by atoms with van der Waals surface area (Å²) in [6.45, 7) is 40.0. The fraction of sp³-hybridized carbons (Fsp3) is 0.580. The van der Waals surface area contributed by atoms with Crippen LogP contribution in [0.4, 0.5) is 11.4 Å². The Labute approximate surface area is 770 Å². The third-order valence-corrected chi connectivity index (χ3v) is 25.5. The average Bonchev–Trinajstić information content (AvgIpc) is 0.791. The van der Waals surface area contributed by atoms with Gasteiger partial charge in [-0.15, -0.1) is 0 Å². The van der Waals surface area contributed by atoms with E-state index >= 15 is 0 Å². The van der Waals surface area contributed by atoms with Gasteiger partial charge in [0.25, 0.3) is 0 Å². The number of anilines is 2. The minimum absolute atomic E-state index is 0.0141. The van der Waals surface area contributed by atoms with E-state index in [-0.39, 0.29) is 179 Å². The van der Waals surface area contributed by atoms with Crippen LogP contribution in [-0.4, -0.2) is 337 Å². The predicted octanol–water partition coefficient (Wildman–Crippen LogP) is 10.2. The second-order valence-electron chi connectivity index (χ2n) is 34.4. The van der Waals surface area contributed by atoms with Gasteiger partial charge in [-0.2, -0.15) is 0 Å². The van der Waals surface area contributed by atoms with Gasteiger partial charge in [-0.1, -0.05) is 103 Å². The van der Waals surface area contributed by atoms with Crippen molar-refractivity contribution >= 4 is 70.6 Å². The van der Waals surface area contributed by atoms with Gasteiger partial charge in [0.1, 0.15) is 39.6 Å². The smallest absolute Gasteiger partial charge is 0.330 e. The molecule has 3 saturated heterocycles. The topological polar surface area (TPSA) is 307 Å². The molecule has 30 nitrogen and oxygen atoms in total. The molecule has 0 bridgehead atoms. The van der Waals surface area contributed by atoms with E-state index in [1.165, 1.54) is 0 Å². The fourth-order valence-electron chi connectivity index (χ4n) is 16.5. The van der Waals surface area contributed by atoms with E-state index in [4.69, 9.17) is 56.8 Å². The largest absolute Gasteiger partial charge is 0.463 e. The first kappa shape index (κ1) is 107. The Balaban J connectivity index is 0.818. The molecule has 130 heavy (non-hydrogen) atoms. The summed E-state index contributed by atoms with van der Waals surface area (Å²) in [6.07, 6.45) is 8.05. The molecule has 0 spiro atoms. The van der Waals surface area contributed by atoms with Crippen molar-refractivity contribution in [3.63, 3.8) is 0 Å². The Bertz CT molecular complexity index is 3930. The lowest BCUT2D eigenvalue weighted by atomic mass is 9.80. The number of rotatable bonds is 60.